The van der Waals surface area contributed by atoms with Crippen LogP contribution in [-0.2, 0) is 0 Å². The lowest BCUT2D eigenvalue weighted by molar-refractivity contribution is 0.170. The molecule has 4 nitrogen and oxygen atoms in total. The molecular weight excluding hydrogens is 248 g/mol. The summed E-state index contributed by atoms with van der Waals surface area (Å²) in [5, 5.41) is 2.20. The van der Waals surface area contributed by atoms with Crippen LogP contribution in [0.15, 0.2) is 30.6 Å². The van der Waals surface area contributed by atoms with Gasteiger partial charge in [0.05, 0.1) is 11.4 Å². The van der Waals surface area contributed by atoms with Gasteiger partial charge in [-0.15, -0.1) is 0 Å². The second-order valence-electron chi connectivity index (χ2n) is 5.86. The van der Waals surface area contributed by atoms with E-state index >= 15 is 0 Å². The van der Waals surface area contributed by atoms with Gasteiger partial charge in [-0.1, -0.05) is 6.07 Å². The molecule has 0 bridgehead atoms. The number of hydrogen-bond acceptors (Lipinski definition) is 4. The lowest BCUT2D eigenvalue weighted by atomic mass is 10.1. The SMILES string of the molecule is CC1CN(c2ccc3cnccc3c2N)CC(C)N1C. The van der Waals surface area contributed by atoms with Crippen LogP contribution in [0.2, 0.25) is 0 Å². The number of benzene rings is 1. The minimum Gasteiger partial charge on any atom is -0.397 e. The van der Waals surface area contributed by atoms with Gasteiger partial charge in [-0.2, -0.15) is 0 Å². The number of nitrogens with zero attached hydrogens (tertiary/aromatic N) is 3. The van der Waals surface area contributed by atoms with E-state index in [1.165, 1.54) is 0 Å². The van der Waals surface area contributed by atoms with Crippen LogP contribution < -0.4 is 10.6 Å². The van der Waals surface area contributed by atoms with Crippen molar-refractivity contribution in [2.24, 2.45) is 0 Å². The van der Waals surface area contributed by atoms with Crippen molar-refractivity contribution in [1.29, 1.82) is 0 Å². The molecule has 4 heteroatoms. The Balaban J connectivity index is 2.00. The van der Waals surface area contributed by atoms with Crippen molar-refractivity contribution in [3.05, 3.63) is 30.6 Å². The molecule has 1 fully saturated rings. The molecule has 1 aromatic heterocycles. The average molecular weight is 270 g/mol. The van der Waals surface area contributed by atoms with Gasteiger partial charge in [-0.25, -0.2) is 0 Å². The van der Waals surface area contributed by atoms with E-state index in [-0.39, 0.29) is 0 Å². The van der Waals surface area contributed by atoms with E-state index in [1.807, 2.05) is 12.3 Å². The first-order valence-electron chi connectivity index (χ1n) is 7.17. The third-order valence-corrected chi connectivity index (χ3v) is 4.54. The van der Waals surface area contributed by atoms with E-state index in [1.54, 1.807) is 6.20 Å². The molecule has 2 N–H and O–H groups in total. The van der Waals surface area contributed by atoms with E-state index in [9.17, 15) is 0 Å². The van der Waals surface area contributed by atoms with E-state index in [2.05, 4.69) is 47.8 Å². The number of likely N-dealkylation sites (N-methyl/N-ethyl adjacent to an activating group) is 1. The summed E-state index contributed by atoms with van der Waals surface area (Å²) in [6, 6.07) is 7.31. The number of pyridine rings is 1. The highest BCUT2D eigenvalue weighted by molar-refractivity contribution is 5.98. The molecule has 2 unspecified atom stereocenters. The van der Waals surface area contributed by atoms with E-state index in [4.69, 9.17) is 5.73 Å². The number of piperazine rings is 1. The average Bonchev–Trinajstić information content (AvgIpc) is 2.45. The maximum absolute atomic E-state index is 6.39. The number of nitrogen functional groups attached to an aromatic ring is 1. The second-order valence-corrected chi connectivity index (χ2v) is 5.86. The van der Waals surface area contributed by atoms with Gasteiger partial charge in [-0.3, -0.25) is 9.88 Å². The van der Waals surface area contributed by atoms with Gasteiger partial charge in [-0.05, 0) is 33.0 Å². The Morgan fingerprint density at radius 3 is 2.55 bits per heavy atom. The third kappa shape index (κ3) is 2.10. The summed E-state index contributed by atoms with van der Waals surface area (Å²) in [4.78, 5) is 8.99. The summed E-state index contributed by atoms with van der Waals surface area (Å²) in [6.07, 6.45) is 3.67. The summed E-state index contributed by atoms with van der Waals surface area (Å²) >= 11 is 0. The van der Waals surface area contributed by atoms with Crippen LogP contribution in [0.5, 0.6) is 0 Å². The zero-order valence-electron chi connectivity index (χ0n) is 12.4. The van der Waals surface area contributed by atoms with Crippen LogP contribution in [0.1, 0.15) is 13.8 Å². The molecule has 0 amide bonds. The zero-order chi connectivity index (χ0) is 14.3. The highest BCUT2D eigenvalue weighted by atomic mass is 15.3. The number of fused-ring (bicyclic) bond motifs is 1. The van der Waals surface area contributed by atoms with E-state index in [0.29, 0.717) is 12.1 Å². The van der Waals surface area contributed by atoms with Crippen molar-refractivity contribution in [3.8, 4) is 0 Å². The predicted molar refractivity (Wildman–Crippen MR) is 85.1 cm³/mol. The summed E-state index contributed by atoms with van der Waals surface area (Å²) < 4.78 is 0. The number of anilines is 2. The van der Waals surface area contributed by atoms with E-state index < -0.39 is 0 Å². The Morgan fingerprint density at radius 2 is 1.85 bits per heavy atom. The van der Waals surface area contributed by atoms with Gasteiger partial charge in [0.25, 0.3) is 0 Å². The van der Waals surface area contributed by atoms with Crippen LogP contribution in [0.4, 0.5) is 11.4 Å². The Labute approximate surface area is 120 Å². The number of nitrogens with two attached hydrogens (primary N) is 1. The van der Waals surface area contributed by atoms with Crippen molar-refractivity contribution < 1.29 is 0 Å². The highest BCUT2D eigenvalue weighted by Gasteiger charge is 2.27. The highest BCUT2D eigenvalue weighted by Crippen LogP contribution is 2.32. The van der Waals surface area contributed by atoms with E-state index in [0.717, 1.165) is 35.2 Å². The largest absolute Gasteiger partial charge is 0.397 e. The quantitative estimate of drug-likeness (QED) is 0.808. The van der Waals surface area contributed by atoms with Crippen LogP contribution in [0.3, 0.4) is 0 Å². The Kier molecular flexibility index (Phi) is 3.26. The lowest BCUT2D eigenvalue weighted by Crippen LogP contribution is -2.55. The molecule has 2 heterocycles. The Hall–Kier alpha value is -1.81. The molecule has 1 aliphatic rings. The summed E-state index contributed by atoms with van der Waals surface area (Å²) in [5.74, 6) is 0. The van der Waals surface area contributed by atoms with Gasteiger partial charge in [0.15, 0.2) is 0 Å². The maximum atomic E-state index is 6.39. The third-order valence-electron chi connectivity index (χ3n) is 4.54. The van der Waals surface area contributed by atoms with Crippen LogP contribution in [-0.4, -0.2) is 42.1 Å². The van der Waals surface area contributed by atoms with Gasteiger partial charge in [0.1, 0.15) is 0 Å². The molecule has 2 atom stereocenters. The van der Waals surface area contributed by atoms with Crippen LogP contribution >= 0.6 is 0 Å². The number of hydrogen-bond donors (Lipinski definition) is 1. The fourth-order valence-corrected chi connectivity index (χ4v) is 3.06. The first kappa shape index (κ1) is 13.2. The molecule has 1 aliphatic heterocycles. The minimum atomic E-state index is 0.534. The van der Waals surface area contributed by atoms with Crippen molar-refractivity contribution in [1.82, 2.24) is 9.88 Å². The first-order valence-corrected chi connectivity index (χ1v) is 7.17. The van der Waals surface area contributed by atoms with Gasteiger partial charge in [0, 0.05) is 48.3 Å². The summed E-state index contributed by atoms with van der Waals surface area (Å²) in [7, 11) is 2.20. The fraction of sp³-hybridized carbons (Fsp3) is 0.438. The monoisotopic (exact) mass is 270 g/mol. The second kappa shape index (κ2) is 4.94. The van der Waals surface area contributed by atoms with Crippen LogP contribution in [0, 0.1) is 0 Å². The normalized spacial score (nSPS) is 24.2. The Morgan fingerprint density at radius 1 is 1.15 bits per heavy atom. The summed E-state index contributed by atoms with van der Waals surface area (Å²) in [6.45, 7) is 6.57. The molecule has 1 saturated heterocycles. The van der Waals surface area contributed by atoms with Crippen molar-refractivity contribution in [2.45, 2.75) is 25.9 Å². The molecule has 0 radical (unpaired) electrons. The van der Waals surface area contributed by atoms with Crippen LogP contribution in [0.25, 0.3) is 10.8 Å². The van der Waals surface area contributed by atoms with Crippen molar-refractivity contribution in [2.75, 3.05) is 30.8 Å². The van der Waals surface area contributed by atoms with Gasteiger partial charge in [0.2, 0.25) is 0 Å². The molecule has 0 spiro atoms. The topological polar surface area (TPSA) is 45.4 Å². The maximum Gasteiger partial charge on any atom is 0.0632 e. The molecule has 20 heavy (non-hydrogen) atoms. The molecule has 0 aliphatic carbocycles. The van der Waals surface area contributed by atoms with Gasteiger partial charge >= 0.3 is 0 Å². The fourth-order valence-electron chi connectivity index (χ4n) is 3.06. The molecule has 3 rings (SSSR count). The molecule has 0 saturated carbocycles. The predicted octanol–water partition coefficient (Wildman–Crippen LogP) is 2.35. The number of aromatic nitrogens is 1. The first-order chi connectivity index (χ1) is 9.58. The van der Waals surface area contributed by atoms with Crippen molar-refractivity contribution >= 4 is 22.1 Å². The standard InChI is InChI=1S/C16H22N4/c1-11-9-20(10-12(2)19(11)3)15-5-4-13-8-18-7-6-14(13)16(15)17/h4-8,11-12H,9-10,17H2,1-3H3. The molecule has 2 aromatic rings. The Bertz CT molecular complexity index is 613. The minimum absolute atomic E-state index is 0.534. The van der Waals surface area contributed by atoms with Gasteiger partial charge < -0.3 is 10.6 Å². The number of rotatable bonds is 1. The molecular formula is C16H22N4. The molecule has 1 aromatic carbocycles. The lowest BCUT2D eigenvalue weighted by Gasteiger charge is -2.43. The smallest absolute Gasteiger partial charge is 0.0632 e. The molecule has 106 valence electrons. The summed E-state index contributed by atoms with van der Waals surface area (Å²) in [5.41, 5.74) is 8.41. The zero-order valence-corrected chi connectivity index (χ0v) is 12.4. The van der Waals surface area contributed by atoms with Crippen molar-refractivity contribution in [3.63, 3.8) is 0 Å².